The van der Waals surface area contributed by atoms with Crippen molar-refractivity contribution in [1.29, 1.82) is 0 Å². The number of thiophene rings is 1. The largest absolute Gasteiger partial charge is 0.310 e. The highest BCUT2D eigenvalue weighted by Crippen LogP contribution is 2.42. The van der Waals surface area contributed by atoms with Crippen molar-refractivity contribution in [2.24, 2.45) is 0 Å². The summed E-state index contributed by atoms with van der Waals surface area (Å²) in [6.07, 6.45) is 0. The molecule has 55 heavy (non-hydrogen) atoms. The zero-order valence-corrected chi connectivity index (χ0v) is 30.7. The monoisotopic (exact) mass is 718 g/mol. The molecule has 2 aromatic heterocycles. The first-order valence-electron chi connectivity index (χ1n) is 18.8. The lowest BCUT2D eigenvalue weighted by atomic mass is 10.0. The summed E-state index contributed by atoms with van der Waals surface area (Å²) >= 11 is 1.86. The maximum atomic E-state index is 2.42. The van der Waals surface area contributed by atoms with Crippen LogP contribution in [0.4, 0.5) is 17.1 Å². The first kappa shape index (κ1) is 31.6. The number of hydrogen-bond acceptors (Lipinski definition) is 2. The first-order chi connectivity index (χ1) is 27.3. The predicted octanol–water partition coefficient (Wildman–Crippen LogP) is 15.1. The maximum absolute atomic E-state index is 2.42. The van der Waals surface area contributed by atoms with Crippen LogP contribution in [-0.4, -0.2) is 4.57 Å². The van der Waals surface area contributed by atoms with E-state index in [9.17, 15) is 0 Å². The van der Waals surface area contributed by atoms with Crippen molar-refractivity contribution in [2.45, 2.75) is 0 Å². The van der Waals surface area contributed by atoms with E-state index in [1.54, 1.807) is 0 Å². The average molecular weight is 719 g/mol. The van der Waals surface area contributed by atoms with Crippen molar-refractivity contribution in [3.05, 3.63) is 206 Å². The Morgan fingerprint density at radius 1 is 0.345 bits per heavy atom. The summed E-state index contributed by atoms with van der Waals surface area (Å²) in [5.41, 5.74) is 11.7. The molecule has 0 saturated heterocycles. The van der Waals surface area contributed by atoms with Crippen LogP contribution in [0.15, 0.2) is 206 Å². The summed E-state index contributed by atoms with van der Waals surface area (Å²) in [5.74, 6) is 0. The van der Waals surface area contributed by atoms with E-state index in [1.807, 2.05) is 11.3 Å². The van der Waals surface area contributed by atoms with Crippen molar-refractivity contribution < 1.29 is 0 Å². The number of anilines is 3. The van der Waals surface area contributed by atoms with Gasteiger partial charge in [-0.1, -0.05) is 140 Å². The van der Waals surface area contributed by atoms with Gasteiger partial charge in [-0.2, -0.15) is 0 Å². The third-order valence-corrected chi connectivity index (χ3v) is 12.1. The van der Waals surface area contributed by atoms with Crippen LogP contribution < -0.4 is 4.90 Å². The standard InChI is InChI=1S/C52H34N2S/c1-2-11-35(12-3-1)36-21-26-40(27-22-36)53(43-30-31-46-45-17-7-9-20-50(45)55-51(46)34-43)41-28-23-37(24-29-41)39-14-10-15-42(33-39)54-48-19-8-6-18-47(48)52-44-16-5-4-13-38(44)25-32-49(52)54/h1-34H. The Hall–Kier alpha value is -6.94. The van der Waals surface area contributed by atoms with Crippen LogP contribution in [0, 0.1) is 0 Å². The topological polar surface area (TPSA) is 8.17 Å². The van der Waals surface area contributed by atoms with Gasteiger partial charge in [0.15, 0.2) is 0 Å². The molecule has 11 rings (SSSR count). The van der Waals surface area contributed by atoms with Crippen LogP contribution in [0.3, 0.4) is 0 Å². The van der Waals surface area contributed by atoms with Gasteiger partial charge < -0.3 is 9.47 Å². The normalized spacial score (nSPS) is 11.6. The van der Waals surface area contributed by atoms with Crippen molar-refractivity contribution in [3.8, 4) is 27.9 Å². The lowest BCUT2D eigenvalue weighted by Crippen LogP contribution is -2.09. The predicted molar refractivity (Wildman–Crippen MR) is 237 cm³/mol. The molecule has 0 radical (unpaired) electrons. The average Bonchev–Trinajstić information content (AvgIpc) is 3.80. The molecule has 11 aromatic rings. The van der Waals surface area contributed by atoms with Gasteiger partial charge in [-0.05, 0) is 99.8 Å². The van der Waals surface area contributed by atoms with Gasteiger partial charge in [0.1, 0.15) is 0 Å². The van der Waals surface area contributed by atoms with Gasteiger partial charge >= 0.3 is 0 Å². The van der Waals surface area contributed by atoms with E-state index >= 15 is 0 Å². The third-order valence-electron chi connectivity index (χ3n) is 11.0. The number of hydrogen-bond donors (Lipinski definition) is 0. The third kappa shape index (κ3) is 5.32. The number of fused-ring (bicyclic) bond motifs is 8. The Morgan fingerprint density at radius 3 is 1.75 bits per heavy atom. The van der Waals surface area contributed by atoms with Gasteiger partial charge in [0.25, 0.3) is 0 Å². The minimum Gasteiger partial charge on any atom is -0.310 e. The molecule has 0 atom stereocenters. The Bertz CT molecular complexity index is 3190. The van der Waals surface area contributed by atoms with Crippen molar-refractivity contribution in [1.82, 2.24) is 4.57 Å². The molecule has 0 aliphatic rings. The minimum atomic E-state index is 1.11. The minimum absolute atomic E-state index is 1.11. The number of nitrogens with zero attached hydrogens (tertiary/aromatic N) is 2. The SMILES string of the molecule is c1ccc(-c2ccc(N(c3ccc(-c4cccc(-n5c6ccccc6c6c7ccccc7ccc65)c4)cc3)c3ccc4c(c3)sc3ccccc34)cc2)cc1. The Labute approximate surface area is 323 Å². The summed E-state index contributed by atoms with van der Waals surface area (Å²) in [6, 6.07) is 75.1. The van der Waals surface area contributed by atoms with Crippen molar-refractivity contribution in [3.63, 3.8) is 0 Å². The molecule has 0 aliphatic heterocycles. The lowest BCUT2D eigenvalue weighted by Gasteiger charge is -2.26. The molecule has 2 nitrogen and oxygen atoms in total. The molecule has 0 N–H and O–H groups in total. The van der Waals surface area contributed by atoms with Crippen molar-refractivity contribution >= 4 is 81.1 Å². The van der Waals surface area contributed by atoms with E-state index in [2.05, 4.69) is 216 Å². The molecule has 0 bridgehead atoms. The second-order valence-corrected chi connectivity index (χ2v) is 15.2. The zero-order valence-electron chi connectivity index (χ0n) is 29.9. The lowest BCUT2D eigenvalue weighted by molar-refractivity contribution is 1.18. The fraction of sp³-hybridized carbons (Fsp3) is 0. The Kier molecular flexibility index (Phi) is 7.39. The number of aromatic nitrogens is 1. The summed E-state index contributed by atoms with van der Waals surface area (Å²) in [4.78, 5) is 2.38. The Balaban J connectivity index is 1.01. The summed E-state index contributed by atoms with van der Waals surface area (Å²) in [7, 11) is 0. The van der Waals surface area contributed by atoms with Crippen LogP contribution in [0.2, 0.25) is 0 Å². The van der Waals surface area contributed by atoms with Crippen LogP contribution in [0.1, 0.15) is 0 Å². The van der Waals surface area contributed by atoms with E-state index < -0.39 is 0 Å². The highest BCUT2D eigenvalue weighted by atomic mass is 32.1. The van der Waals surface area contributed by atoms with Gasteiger partial charge in [-0.25, -0.2) is 0 Å². The van der Waals surface area contributed by atoms with Gasteiger partial charge in [0, 0.05) is 53.7 Å². The molecule has 258 valence electrons. The maximum Gasteiger partial charge on any atom is 0.0547 e. The van der Waals surface area contributed by atoms with Gasteiger partial charge in [-0.3, -0.25) is 0 Å². The van der Waals surface area contributed by atoms with E-state index in [0.29, 0.717) is 0 Å². The zero-order chi connectivity index (χ0) is 36.3. The van der Waals surface area contributed by atoms with Gasteiger partial charge in [0.05, 0.1) is 11.0 Å². The van der Waals surface area contributed by atoms with E-state index in [4.69, 9.17) is 0 Å². The smallest absolute Gasteiger partial charge is 0.0547 e. The van der Waals surface area contributed by atoms with Crippen LogP contribution in [-0.2, 0) is 0 Å². The summed E-state index contributed by atoms with van der Waals surface area (Å²) in [5, 5.41) is 7.73. The first-order valence-corrected chi connectivity index (χ1v) is 19.6. The molecular weight excluding hydrogens is 685 g/mol. The number of rotatable bonds is 6. The van der Waals surface area contributed by atoms with Crippen LogP contribution >= 0.6 is 11.3 Å². The van der Waals surface area contributed by atoms with Crippen LogP contribution in [0.5, 0.6) is 0 Å². The highest BCUT2D eigenvalue weighted by molar-refractivity contribution is 7.25. The van der Waals surface area contributed by atoms with Crippen LogP contribution in [0.25, 0.3) is 80.7 Å². The fourth-order valence-electron chi connectivity index (χ4n) is 8.38. The number of benzene rings is 9. The molecule has 9 aromatic carbocycles. The molecule has 0 spiro atoms. The van der Waals surface area contributed by atoms with Gasteiger partial charge in [0.2, 0.25) is 0 Å². The fourth-order valence-corrected chi connectivity index (χ4v) is 9.52. The van der Waals surface area contributed by atoms with E-state index in [1.165, 1.54) is 75.0 Å². The molecular formula is C52H34N2S. The van der Waals surface area contributed by atoms with Gasteiger partial charge in [-0.15, -0.1) is 11.3 Å². The Morgan fingerprint density at radius 2 is 0.945 bits per heavy atom. The van der Waals surface area contributed by atoms with Crippen molar-refractivity contribution in [2.75, 3.05) is 4.90 Å². The highest BCUT2D eigenvalue weighted by Gasteiger charge is 2.17. The van der Waals surface area contributed by atoms with E-state index in [-0.39, 0.29) is 0 Å². The molecule has 3 heteroatoms. The second-order valence-electron chi connectivity index (χ2n) is 14.2. The second kappa shape index (κ2) is 12.9. The summed E-state index contributed by atoms with van der Waals surface area (Å²) < 4.78 is 5.02. The molecule has 0 fully saturated rings. The molecule has 0 aliphatic carbocycles. The quantitative estimate of drug-likeness (QED) is 0.166. The molecule has 0 unspecified atom stereocenters. The molecule has 0 saturated carbocycles. The molecule has 0 amide bonds. The summed E-state index contributed by atoms with van der Waals surface area (Å²) in [6.45, 7) is 0. The van der Waals surface area contributed by atoms with E-state index in [0.717, 1.165) is 22.7 Å². The number of para-hydroxylation sites is 1. The molecule has 2 heterocycles.